The van der Waals surface area contributed by atoms with E-state index < -0.39 is 16.9 Å². The summed E-state index contributed by atoms with van der Waals surface area (Å²) in [6.45, 7) is 0.208. The normalized spacial score (nSPS) is 16.9. The van der Waals surface area contributed by atoms with E-state index in [2.05, 4.69) is 10.3 Å². The number of aromatic nitrogens is 2. The summed E-state index contributed by atoms with van der Waals surface area (Å²) in [5, 5.41) is 12.4. The van der Waals surface area contributed by atoms with Gasteiger partial charge in [0.1, 0.15) is 0 Å². The number of aliphatic hydroxyl groups is 1. The maximum atomic E-state index is 11.6. The fourth-order valence-corrected chi connectivity index (χ4v) is 1.87. The number of carbonyl (C=O) groups is 1. The number of carbonyl (C=O) groups excluding carboxylic acids is 1. The summed E-state index contributed by atoms with van der Waals surface area (Å²) >= 11 is 0. The molecule has 1 heterocycles. The fraction of sp³-hybridized carbons (Fsp3) is 0.545. The van der Waals surface area contributed by atoms with E-state index in [9.17, 15) is 19.5 Å². The molecule has 0 atom stereocenters. The molecule has 0 radical (unpaired) electrons. The van der Waals surface area contributed by atoms with Gasteiger partial charge in [0.2, 0.25) is 5.91 Å². The molecule has 1 saturated carbocycles. The van der Waals surface area contributed by atoms with Crippen LogP contribution in [0.3, 0.4) is 0 Å². The molecule has 7 heteroatoms. The summed E-state index contributed by atoms with van der Waals surface area (Å²) in [5.74, 6) is -0.337. The number of nitrogens with one attached hydrogen (secondary N) is 3. The topological polar surface area (TPSA) is 115 Å². The molecule has 0 spiro atoms. The molecule has 1 aromatic rings. The van der Waals surface area contributed by atoms with Gasteiger partial charge in [-0.25, -0.2) is 4.79 Å². The van der Waals surface area contributed by atoms with Crippen LogP contribution in [0.15, 0.2) is 15.7 Å². The van der Waals surface area contributed by atoms with Crippen molar-refractivity contribution in [3.8, 4) is 0 Å². The highest BCUT2D eigenvalue weighted by Gasteiger charge is 2.34. The van der Waals surface area contributed by atoms with Gasteiger partial charge in [0.15, 0.2) is 0 Å². The molecule has 1 aromatic heterocycles. The van der Waals surface area contributed by atoms with E-state index in [4.69, 9.17) is 0 Å². The van der Waals surface area contributed by atoms with Gasteiger partial charge in [0.05, 0.1) is 12.0 Å². The quantitative estimate of drug-likeness (QED) is 0.530. The number of aromatic amines is 2. The lowest BCUT2D eigenvalue weighted by Gasteiger charge is -2.36. The van der Waals surface area contributed by atoms with Crippen molar-refractivity contribution in [2.75, 3.05) is 6.54 Å². The van der Waals surface area contributed by atoms with E-state index in [1.54, 1.807) is 0 Å². The zero-order valence-corrected chi connectivity index (χ0v) is 9.78. The van der Waals surface area contributed by atoms with Crippen molar-refractivity contribution in [3.63, 3.8) is 0 Å². The maximum Gasteiger partial charge on any atom is 0.325 e. The molecule has 1 aliphatic carbocycles. The molecule has 0 aliphatic heterocycles. The highest BCUT2D eigenvalue weighted by Crippen LogP contribution is 2.30. The predicted octanol–water partition coefficient (Wildman–Crippen LogP) is -1.36. The minimum Gasteiger partial charge on any atom is -0.388 e. The van der Waals surface area contributed by atoms with Crippen molar-refractivity contribution in [2.45, 2.75) is 31.3 Å². The Bertz CT molecular complexity index is 528. The van der Waals surface area contributed by atoms with E-state index >= 15 is 0 Å². The molecule has 0 saturated heterocycles. The Hall–Kier alpha value is -1.89. The van der Waals surface area contributed by atoms with Crippen LogP contribution in [-0.4, -0.2) is 33.1 Å². The summed E-state index contributed by atoms with van der Waals surface area (Å²) in [5.41, 5.74) is -1.71. The highest BCUT2D eigenvalue weighted by atomic mass is 16.3. The van der Waals surface area contributed by atoms with Crippen LogP contribution in [0.5, 0.6) is 0 Å². The minimum absolute atomic E-state index is 0.0881. The standard InChI is InChI=1S/C11H15N3O4/c15-8(12-6-11(18)2-1-3-11)4-7-5-9(16)14-10(17)13-7/h5,18H,1-4,6H2,(H,12,15)(H2,13,14,16,17). The molecule has 0 bridgehead atoms. The van der Waals surface area contributed by atoms with Gasteiger partial charge in [0, 0.05) is 18.3 Å². The van der Waals surface area contributed by atoms with Crippen molar-refractivity contribution in [3.05, 3.63) is 32.6 Å². The summed E-state index contributed by atoms with van der Waals surface area (Å²) in [6.07, 6.45) is 2.26. The third-order valence-electron chi connectivity index (χ3n) is 3.07. The molecule has 1 fully saturated rings. The lowest BCUT2D eigenvalue weighted by molar-refractivity contribution is -0.122. The second-order valence-electron chi connectivity index (χ2n) is 4.64. The molecular formula is C11H15N3O4. The highest BCUT2D eigenvalue weighted by molar-refractivity contribution is 5.78. The molecule has 0 aromatic carbocycles. The first-order valence-corrected chi connectivity index (χ1v) is 5.78. The van der Waals surface area contributed by atoms with Crippen LogP contribution >= 0.6 is 0 Å². The molecule has 2 rings (SSSR count). The second kappa shape index (κ2) is 4.77. The molecule has 98 valence electrons. The molecule has 1 aliphatic rings. The van der Waals surface area contributed by atoms with Gasteiger partial charge in [-0.1, -0.05) is 0 Å². The Labute approximate surface area is 102 Å². The average molecular weight is 253 g/mol. The summed E-state index contributed by atoms with van der Waals surface area (Å²) < 4.78 is 0. The second-order valence-corrected chi connectivity index (χ2v) is 4.64. The lowest BCUT2D eigenvalue weighted by atomic mass is 9.80. The minimum atomic E-state index is -0.781. The van der Waals surface area contributed by atoms with Crippen molar-refractivity contribution < 1.29 is 9.90 Å². The largest absolute Gasteiger partial charge is 0.388 e. The van der Waals surface area contributed by atoms with Crippen LogP contribution in [0.25, 0.3) is 0 Å². The molecule has 18 heavy (non-hydrogen) atoms. The van der Waals surface area contributed by atoms with E-state index in [0.29, 0.717) is 12.8 Å². The average Bonchev–Trinajstić information content (AvgIpc) is 2.22. The number of hydrogen-bond acceptors (Lipinski definition) is 4. The van der Waals surface area contributed by atoms with Crippen molar-refractivity contribution in [1.82, 2.24) is 15.3 Å². The van der Waals surface area contributed by atoms with Crippen LogP contribution < -0.4 is 16.6 Å². The fourth-order valence-electron chi connectivity index (χ4n) is 1.87. The first-order valence-electron chi connectivity index (χ1n) is 5.78. The Balaban J connectivity index is 1.90. The summed E-state index contributed by atoms with van der Waals surface area (Å²) in [4.78, 5) is 38.0. The summed E-state index contributed by atoms with van der Waals surface area (Å²) in [6, 6.07) is 1.17. The zero-order chi connectivity index (χ0) is 13.2. The summed E-state index contributed by atoms with van der Waals surface area (Å²) in [7, 11) is 0. The van der Waals surface area contributed by atoms with Crippen LogP contribution in [0, 0.1) is 0 Å². The van der Waals surface area contributed by atoms with E-state index in [1.165, 1.54) is 6.07 Å². The van der Waals surface area contributed by atoms with Gasteiger partial charge in [-0.2, -0.15) is 0 Å². The maximum absolute atomic E-state index is 11.6. The predicted molar refractivity (Wildman–Crippen MR) is 63.2 cm³/mol. The monoisotopic (exact) mass is 253 g/mol. The Kier molecular flexibility index (Phi) is 3.33. The number of H-pyrrole nitrogens is 2. The van der Waals surface area contributed by atoms with Gasteiger partial charge < -0.3 is 15.4 Å². The van der Waals surface area contributed by atoms with Crippen LogP contribution in [-0.2, 0) is 11.2 Å². The Morgan fingerprint density at radius 2 is 2.11 bits per heavy atom. The van der Waals surface area contributed by atoms with Crippen LogP contribution in [0.2, 0.25) is 0 Å². The van der Waals surface area contributed by atoms with Gasteiger partial charge in [-0.15, -0.1) is 0 Å². The van der Waals surface area contributed by atoms with Crippen LogP contribution in [0.4, 0.5) is 0 Å². The third-order valence-corrected chi connectivity index (χ3v) is 3.07. The van der Waals surface area contributed by atoms with Gasteiger partial charge in [0.25, 0.3) is 5.56 Å². The molecule has 1 amide bonds. The first kappa shape index (κ1) is 12.6. The molecule has 7 nitrogen and oxygen atoms in total. The van der Waals surface area contributed by atoms with Gasteiger partial charge >= 0.3 is 5.69 Å². The number of hydrogen-bond donors (Lipinski definition) is 4. The third kappa shape index (κ3) is 3.07. The Morgan fingerprint density at radius 1 is 1.39 bits per heavy atom. The smallest absolute Gasteiger partial charge is 0.325 e. The van der Waals surface area contributed by atoms with Gasteiger partial charge in [-0.05, 0) is 19.3 Å². The van der Waals surface area contributed by atoms with Crippen LogP contribution in [0.1, 0.15) is 25.0 Å². The number of rotatable bonds is 4. The molecule has 0 unspecified atom stereocenters. The van der Waals surface area contributed by atoms with Crippen molar-refractivity contribution in [1.29, 1.82) is 0 Å². The van der Waals surface area contributed by atoms with E-state index in [-0.39, 0.29) is 24.6 Å². The van der Waals surface area contributed by atoms with Crippen molar-refractivity contribution >= 4 is 5.91 Å². The zero-order valence-electron chi connectivity index (χ0n) is 9.78. The first-order chi connectivity index (χ1) is 8.47. The lowest BCUT2D eigenvalue weighted by Crippen LogP contribution is -2.48. The molecular weight excluding hydrogens is 238 g/mol. The molecule has 4 N–H and O–H groups in total. The SMILES string of the molecule is O=C(Cc1cc(=O)[nH]c(=O)[nH]1)NCC1(O)CCC1. The number of amides is 1. The van der Waals surface area contributed by atoms with E-state index in [0.717, 1.165) is 6.42 Å². The van der Waals surface area contributed by atoms with E-state index in [1.807, 2.05) is 4.98 Å². The van der Waals surface area contributed by atoms with Crippen molar-refractivity contribution in [2.24, 2.45) is 0 Å². The Morgan fingerprint density at radius 3 is 2.67 bits per heavy atom. The van der Waals surface area contributed by atoms with Gasteiger partial charge in [-0.3, -0.25) is 14.6 Å².